The van der Waals surface area contributed by atoms with Crippen LogP contribution < -0.4 is 10.1 Å². The summed E-state index contributed by atoms with van der Waals surface area (Å²) < 4.78 is 5.24. The third-order valence-electron chi connectivity index (χ3n) is 5.27. The molecule has 0 aliphatic carbocycles. The van der Waals surface area contributed by atoms with Crippen LogP contribution in [0.1, 0.15) is 17.5 Å². The largest absolute Gasteiger partial charge is 0.497 e. The van der Waals surface area contributed by atoms with Crippen molar-refractivity contribution in [2.24, 2.45) is 0 Å². The van der Waals surface area contributed by atoms with Gasteiger partial charge in [0.15, 0.2) is 0 Å². The number of carbonyl (C=O) groups excluding carboxylic acids is 1. The van der Waals surface area contributed by atoms with Crippen molar-refractivity contribution in [1.82, 2.24) is 15.1 Å². The van der Waals surface area contributed by atoms with Gasteiger partial charge in [0.05, 0.1) is 7.11 Å². The molecule has 1 N–H and O–H groups in total. The second-order valence-electron chi connectivity index (χ2n) is 7.25. The lowest BCUT2D eigenvalue weighted by molar-refractivity contribution is 0.138. The van der Waals surface area contributed by atoms with E-state index >= 15 is 0 Å². The lowest BCUT2D eigenvalue weighted by atomic mass is 10.1. The van der Waals surface area contributed by atoms with Gasteiger partial charge in [0, 0.05) is 32.7 Å². The molecule has 2 amide bonds. The molecule has 3 rings (SSSR count). The number of ether oxygens (including phenoxy) is 1. The van der Waals surface area contributed by atoms with Crippen molar-refractivity contribution in [1.29, 1.82) is 0 Å². The van der Waals surface area contributed by atoms with E-state index in [9.17, 15) is 4.79 Å². The van der Waals surface area contributed by atoms with E-state index in [0.29, 0.717) is 6.54 Å². The lowest BCUT2D eigenvalue weighted by Crippen LogP contribution is -2.52. The van der Waals surface area contributed by atoms with Crippen molar-refractivity contribution in [2.45, 2.75) is 19.3 Å². The summed E-state index contributed by atoms with van der Waals surface area (Å²) in [5, 5.41) is 3.05. The van der Waals surface area contributed by atoms with E-state index in [4.69, 9.17) is 4.74 Å². The maximum absolute atomic E-state index is 12.4. The summed E-state index contributed by atoms with van der Waals surface area (Å²) in [5.74, 6) is 0.854. The average molecular weight is 382 g/mol. The van der Waals surface area contributed by atoms with Gasteiger partial charge in [0.1, 0.15) is 5.75 Å². The molecule has 1 heterocycles. The Kier molecular flexibility index (Phi) is 7.73. The van der Waals surface area contributed by atoms with Crippen LogP contribution in [0.5, 0.6) is 5.75 Å². The molecule has 2 aromatic rings. The first kappa shape index (κ1) is 20.2. The molecule has 0 saturated carbocycles. The first-order chi connectivity index (χ1) is 13.7. The fourth-order valence-corrected chi connectivity index (χ4v) is 3.58. The molecule has 1 saturated heterocycles. The van der Waals surface area contributed by atoms with Crippen LogP contribution in [0.2, 0.25) is 0 Å². The van der Waals surface area contributed by atoms with Crippen LogP contribution in [0.15, 0.2) is 54.6 Å². The van der Waals surface area contributed by atoms with Crippen molar-refractivity contribution in [3.05, 3.63) is 65.7 Å². The van der Waals surface area contributed by atoms with E-state index in [1.807, 2.05) is 23.1 Å². The Morgan fingerprint density at radius 3 is 2.46 bits per heavy atom. The molecule has 0 spiro atoms. The van der Waals surface area contributed by atoms with Gasteiger partial charge in [-0.3, -0.25) is 4.90 Å². The molecule has 2 aromatic carbocycles. The predicted octanol–water partition coefficient (Wildman–Crippen LogP) is 3.20. The molecule has 5 nitrogen and oxygen atoms in total. The van der Waals surface area contributed by atoms with E-state index < -0.39 is 0 Å². The minimum absolute atomic E-state index is 0.0480. The molecule has 0 atom stereocenters. The van der Waals surface area contributed by atoms with Gasteiger partial charge < -0.3 is 15.0 Å². The molecule has 28 heavy (non-hydrogen) atoms. The summed E-state index contributed by atoms with van der Waals surface area (Å²) in [7, 11) is 1.67. The Morgan fingerprint density at radius 1 is 0.964 bits per heavy atom. The normalized spacial score (nSPS) is 14.7. The van der Waals surface area contributed by atoms with Crippen LogP contribution in [0.3, 0.4) is 0 Å². The number of nitrogens with one attached hydrogen (secondary N) is 1. The van der Waals surface area contributed by atoms with E-state index in [0.717, 1.165) is 57.7 Å². The van der Waals surface area contributed by atoms with Gasteiger partial charge in [-0.2, -0.15) is 0 Å². The first-order valence-electron chi connectivity index (χ1n) is 10.2. The molecule has 1 fully saturated rings. The average Bonchev–Trinajstić information content (AvgIpc) is 2.75. The second-order valence-corrected chi connectivity index (χ2v) is 7.25. The maximum Gasteiger partial charge on any atom is 0.317 e. The van der Waals surface area contributed by atoms with Crippen LogP contribution in [0.4, 0.5) is 4.79 Å². The van der Waals surface area contributed by atoms with Crippen molar-refractivity contribution in [3.8, 4) is 5.75 Å². The van der Waals surface area contributed by atoms with Crippen LogP contribution in [0, 0.1) is 0 Å². The van der Waals surface area contributed by atoms with Crippen LogP contribution >= 0.6 is 0 Å². The molecular formula is C23H31N3O2. The van der Waals surface area contributed by atoms with Crippen molar-refractivity contribution < 1.29 is 9.53 Å². The summed E-state index contributed by atoms with van der Waals surface area (Å²) in [5.41, 5.74) is 2.57. The number of rotatable bonds is 8. The zero-order valence-corrected chi connectivity index (χ0v) is 16.8. The summed E-state index contributed by atoms with van der Waals surface area (Å²) in [4.78, 5) is 16.8. The van der Waals surface area contributed by atoms with Gasteiger partial charge in [0.25, 0.3) is 0 Å². The maximum atomic E-state index is 12.4. The number of nitrogens with zero attached hydrogens (tertiary/aromatic N) is 2. The first-order valence-corrected chi connectivity index (χ1v) is 10.2. The topological polar surface area (TPSA) is 44.8 Å². The standard InChI is InChI=1S/C23H31N3O2/c1-28-22-11-5-9-21(19-22)12-13-24-23(27)26-17-15-25(16-18-26)14-6-10-20-7-3-2-4-8-20/h2-5,7-9,11,19H,6,10,12-18H2,1H3,(H,24,27). The zero-order valence-electron chi connectivity index (χ0n) is 16.8. The van der Waals surface area contributed by atoms with Gasteiger partial charge in [-0.1, -0.05) is 42.5 Å². The minimum Gasteiger partial charge on any atom is -0.497 e. The van der Waals surface area contributed by atoms with Crippen molar-refractivity contribution in [3.63, 3.8) is 0 Å². The molecular weight excluding hydrogens is 350 g/mol. The third kappa shape index (κ3) is 6.27. The van der Waals surface area contributed by atoms with E-state index in [1.165, 1.54) is 11.1 Å². The van der Waals surface area contributed by atoms with E-state index in [1.54, 1.807) is 7.11 Å². The summed E-state index contributed by atoms with van der Waals surface area (Å²) in [6, 6.07) is 18.7. The summed E-state index contributed by atoms with van der Waals surface area (Å²) in [6.07, 6.45) is 3.09. The third-order valence-corrected chi connectivity index (χ3v) is 5.27. The molecule has 0 radical (unpaired) electrons. The Balaban J connectivity index is 1.31. The van der Waals surface area contributed by atoms with Crippen LogP contribution in [-0.2, 0) is 12.8 Å². The highest BCUT2D eigenvalue weighted by molar-refractivity contribution is 5.74. The number of benzene rings is 2. The Bertz CT molecular complexity index is 728. The number of amides is 2. The van der Waals surface area contributed by atoms with Crippen LogP contribution in [-0.4, -0.2) is 62.2 Å². The quantitative estimate of drug-likeness (QED) is 0.764. The SMILES string of the molecule is COc1cccc(CCNC(=O)N2CCN(CCCc3ccccc3)CC2)c1. The fraction of sp³-hybridized carbons (Fsp3) is 0.435. The van der Waals surface area contributed by atoms with Gasteiger partial charge in [-0.25, -0.2) is 4.79 Å². The number of urea groups is 1. The second kappa shape index (κ2) is 10.7. The molecule has 0 bridgehead atoms. The Labute approximate surface area is 168 Å². The number of piperazine rings is 1. The number of methoxy groups -OCH3 is 1. The Hall–Kier alpha value is -2.53. The van der Waals surface area contributed by atoms with Gasteiger partial charge in [-0.15, -0.1) is 0 Å². The fourth-order valence-electron chi connectivity index (χ4n) is 3.58. The molecule has 5 heteroatoms. The monoisotopic (exact) mass is 381 g/mol. The highest BCUT2D eigenvalue weighted by Gasteiger charge is 2.20. The number of hydrogen-bond acceptors (Lipinski definition) is 3. The van der Waals surface area contributed by atoms with Gasteiger partial charge >= 0.3 is 6.03 Å². The van der Waals surface area contributed by atoms with Gasteiger partial charge in [-0.05, 0) is 49.1 Å². The smallest absolute Gasteiger partial charge is 0.317 e. The zero-order chi connectivity index (χ0) is 19.6. The predicted molar refractivity (Wildman–Crippen MR) is 113 cm³/mol. The van der Waals surface area contributed by atoms with Crippen molar-refractivity contribution >= 4 is 6.03 Å². The highest BCUT2D eigenvalue weighted by Crippen LogP contribution is 2.12. The van der Waals surface area contributed by atoms with Crippen LogP contribution in [0.25, 0.3) is 0 Å². The number of hydrogen-bond donors (Lipinski definition) is 1. The minimum atomic E-state index is 0.0480. The lowest BCUT2D eigenvalue weighted by Gasteiger charge is -2.34. The number of aryl methyl sites for hydroxylation is 1. The summed E-state index contributed by atoms with van der Waals surface area (Å²) >= 11 is 0. The highest BCUT2D eigenvalue weighted by atomic mass is 16.5. The Morgan fingerprint density at radius 2 is 1.71 bits per heavy atom. The van der Waals surface area contributed by atoms with Crippen molar-refractivity contribution in [2.75, 3.05) is 46.4 Å². The van der Waals surface area contributed by atoms with Gasteiger partial charge in [0.2, 0.25) is 0 Å². The number of carbonyl (C=O) groups is 1. The summed E-state index contributed by atoms with van der Waals surface area (Å²) in [6.45, 7) is 5.26. The molecule has 1 aliphatic heterocycles. The molecule has 0 aromatic heterocycles. The molecule has 1 aliphatic rings. The van der Waals surface area contributed by atoms with E-state index in [-0.39, 0.29) is 6.03 Å². The van der Waals surface area contributed by atoms with E-state index in [2.05, 4.69) is 46.6 Å². The molecule has 150 valence electrons. The molecule has 0 unspecified atom stereocenters.